The van der Waals surface area contributed by atoms with Gasteiger partial charge in [0, 0.05) is 50.5 Å². The van der Waals surface area contributed by atoms with Gasteiger partial charge in [-0.25, -0.2) is 9.59 Å². The van der Waals surface area contributed by atoms with Gasteiger partial charge in [-0.2, -0.15) is 4.98 Å². The van der Waals surface area contributed by atoms with E-state index in [1.54, 1.807) is 21.3 Å². The lowest BCUT2D eigenvalue weighted by atomic mass is 10.2. The Morgan fingerprint density at radius 3 is 2.50 bits per heavy atom. The van der Waals surface area contributed by atoms with Gasteiger partial charge in [-0.05, 0) is 40.3 Å². The summed E-state index contributed by atoms with van der Waals surface area (Å²) < 4.78 is 6.81. The summed E-state index contributed by atoms with van der Waals surface area (Å²) in [5.74, 6) is 0.258. The Labute approximate surface area is 181 Å². The van der Waals surface area contributed by atoms with E-state index >= 15 is 0 Å². The highest BCUT2D eigenvalue weighted by atomic mass is 32.2. The summed E-state index contributed by atoms with van der Waals surface area (Å²) in [7, 11) is 3.97. The molecule has 0 atom stereocenters. The zero-order chi connectivity index (χ0) is 21.7. The second-order valence-electron chi connectivity index (χ2n) is 7.79. The quantitative estimate of drug-likeness (QED) is 0.458. The van der Waals surface area contributed by atoms with Crippen molar-refractivity contribution in [3.8, 4) is 0 Å². The molecule has 10 heteroatoms. The van der Waals surface area contributed by atoms with Crippen LogP contribution in [0.2, 0.25) is 0 Å². The van der Waals surface area contributed by atoms with Crippen LogP contribution in [0.1, 0.15) is 24.6 Å². The molecule has 0 unspecified atom stereocenters. The number of piperazine rings is 1. The highest BCUT2D eigenvalue weighted by Crippen LogP contribution is 2.29. The summed E-state index contributed by atoms with van der Waals surface area (Å²) in [6.45, 7) is 5.49. The van der Waals surface area contributed by atoms with Crippen LogP contribution in [-0.4, -0.2) is 95.4 Å². The van der Waals surface area contributed by atoms with Crippen LogP contribution in [0.5, 0.6) is 0 Å². The number of rotatable bonds is 7. The Balaban J connectivity index is 1.59. The van der Waals surface area contributed by atoms with Crippen molar-refractivity contribution in [1.82, 2.24) is 24.3 Å². The van der Waals surface area contributed by atoms with Crippen molar-refractivity contribution in [2.24, 2.45) is 0 Å². The second kappa shape index (κ2) is 10.3. The number of likely N-dealkylation sites (N-methyl/N-ethyl adjacent to an activating group) is 1. The molecule has 1 fully saturated rings. The molecule has 3 rings (SSSR count). The van der Waals surface area contributed by atoms with Gasteiger partial charge in [0.25, 0.3) is 0 Å². The molecule has 166 valence electrons. The van der Waals surface area contributed by atoms with Crippen LogP contribution >= 0.6 is 11.8 Å². The molecule has 9 nitrogen and oxygen atoms in total. The van der Waals surface area contributed by atoms with Crippen molar-refractivity contribution < 1.29 is 14.3 Å². The molecule has 0 N–H and O–H groups in total. The number of amides is 2. The summed E-state index contributed by atoms with van der Waals surface area (Å²) in [6, 6.07) is 0. The molecule has 2 aliphatic rings. The average Bonchev–Trinajstić information content (AvgIpc) is 3.21. The Morgan fingerprint density at radius 1 is 1.13 bits per heavy atom. The number of aromatic nitrogens is 2. The number of nitrogens with zero attached hydrogens (tertiary/aromatic N) is 5. The molecule has 1 aromatic rings. The van der Waals surface area contributed by atoms with Crippen molar-refractivity contribution >= 4 is 23.8 Å². The van der Waals surface area contributed by atoms with Gasteiger partial charge in [-0.1, -0.05) is 11.8 Å². The fraction of sp³-hybridized carbons (Fsp3) is 0.700. The van der Waals surface area contributed by atoms with Crippen molar-refractivity contribution in [2.75, 3.05) is 59.2 Å². The van der Waals surface area contributed by atoms with Gasteiger partial charge in [0.15, 0.2) is 0 Å². The average molecular weight is 438 g/mol. The molecule has 2 heterocycles. The molecule has 0 spiro atoms. The zero-order valence-electron chi connectivity index (χ0n) is 18.1. The fourth-order valence-corrected chi connectivity index (χ4v) is 4.79. The third-order valence-electron chi connectivity index (χ3n) is 5.46. The van der Waals surface area contributed by atoms with Gasteiger partial charge in [0.2, 0.25) is 5.91 Å². The number of carbonyl (C=O) groups excluding carboxylic acids is 2. The largest absolute Gasteiger partial charge is 0.450 e. The molecule has 0 saturated carbocycles. The number of hydrogen-bond acceptors (Lipinski definition) is 7. The van der Waals surface area contributed by atoms with E-state index in [0.29, 0.717) is 44.4 Å². The number of fused-ring (bicyclic) bond motifs is 1. The second-order valence-corrected chi connectivity index (χ2v) is 8.75. The summed E-state index contributed by atoms with van der Waals surface area (Å²) in [5.41, 5.74) is 1.98. The monoisotopic (exact) mass is 437 g/mol. The molecule has 30 heavy (non-hydrogen) atoms. The smallest absolute Gasteiger partial charge is 0.409 e. The van der Waals surface area contributed by atoms with E-state index in [1.807, 2.05) is 14.1 Å². The van der Waals surface area contributed by atoms with Crippen molar-refractivity contribution in [2.45, 2.75) is 37.8 Å². The molecule has 2 amide bonds. The van der Waals surface area contributed by atoms with Crippen LogP contribution in [0.15, 0.2) is 9.82 Å². The van der Waals surface area contributed by atoms with E-state index in [0.717, 1.165) is 37.1 Å². The van der Waals surface area contributed by atoms with Crippen LogP contribution in [0, 0.1) is 0 Å². The molecular weight excluding hydrogens is 406 g/mol. The lowest BCUT2D eigenvalue weighted by Crippen LogP contribution is -2.51. The maximum absolute atomic E-state index is 12.7. The van der Waals surface area contributed by atoms with E-state index in [1.165, 1.54) is 11.8 Å². The minimum atomic E-state index is -0.325. The first-order chi connectivity index (χ1) is 14.4. The molecule has 0 aromatic carbocycles. The molecule has 1 aromatic heterocycles. The Bertz CT molecular complexity index is 833. The van der Waals surface area contributed by atoms with Gasteiger partial charge in [0.05, 0.1) is 12.4 Å². The maximum atomic E-state index is 12.7. The standard InChI is InChI=1S/C20H31N5O4S/c1-4-29-20(28)24-11-9-23(10-12-24)17(26)14-30-18-15-6-5-7-16(15)25(19(27)21-18)13-8-22(2)3/h4-14H2,1-3H3. The first kappa shape index (κ1) is 22.6. The SMILES string of the molecule is CCOC(=O)N1CCN(C(=O)CSc2nc(=O)n(CCN(C)C)c3c2CCC3)CC1. The lowest BCUT2D eigenvalue weighted by Gasteiger charge is -2.34. The van der Waals surface area contributed by atoms with E-state index < -0.39 is 0 Å². The first-order valence-electron chi connectivity index (χ1n) is 10.5. The van der Waals surface area contributed by atoms with Crippen LogP contribution in [0.4, 0.5) is 4.79 Å². The van der Waals surface area contributed by atoms with Crippen LogP contribution in [-0.2, 0) is 28.9 Å². The lowest BCUT2D eigenvalue weighted by molar-refractivity contribution is -0.129. The molecule has 0 radical (unpaired) electrons. The van der Waals surface area contributed by atoms with Crippen molar-refractivity contribution in [1.29, 1.82) is 0 Å². The summed E-state index contributed by atoms with van der Waals surface area (Å²) >= 11 is 1.36. The van der Waals surface area contributed by atoms with E-state index in [9.17, 15) is 14.4 Å². The van der Waals surface area contributed by atoms with Gasteiger partial charge in [0.1, 0.15) is 5.03 Å². The minimum Gasteiger partial charge on any atom is -0.450 e. The maximum Gasteiger partial charge on any atom is 0.409 e. The third kappa shape index (κ3) is 5.34. The highest BCUT2D eigenvalue weighted by molar-refractivity contribution is 7.99. The van der Waals surface area contributed by atoms with Gasteiger partial charge in [-0.15, -0.1) is 0 Å². The van der Waals surface area contributed by atoms with E-state index in [-0.39, 0.29) is 23.4 Å². The van der Waals surface area contributed by atoms with Crippen molar-refractivity contribution in [3.05, 3.63) is 21.7 Å². The van der Waals surface area contributed by atoms with Crippen LogP contribution in [0.25, 0.3) is 0 Å². The third-order valence-corrected chi connectivity index (χ3v) is 6.46. The normalized spacial score (nSPS) is 16.1. The topological polar surface area (TPSA) is 88.0 Å². The van der Waals surface area contributed by atoms with Gasteiger partial charge >= 0.3 is 11.8 Å². The van der Waals surface area contributed by atoms with Crippen LogP contribution < -0.4 is 5.69 Å². The van der Waals surface area contributed by atoms with Gasteiger partial charge < -0.3 is 19.4 Å². The van der Waals surface area contributed by atoms with Crippen LogP contribution in [0.3, 0.4) is 0 Å². The minimum absolute atomic E-state index is 0.00819. The van der Waals surface area contributed by atoms with Crippen molar-refractivity contribution in [3.63, 3.8) is 0 Å². The summed E-state index contributed by atoms with van der Waals surface area (Å²) in [4.78, 5) is 46.8. The molecule has 1 aliphatic carbocycles. The van der Waals surface area contributed by atoms with E-state index in [4.69, 9.17) is 4.74 Å². The van der Waals surface area contributed by atoms with Gasteiger partial charge in [-0.3, -0.25) is 9.36 Å². The molecule has 0 bridgehead atoms. The highest BCUT2D eigenvalue weighted by Gasteiger charge is 2.26. The predicted molar refractivity (Wildman–Crippen MR) is 115 cm³/mol. The summed E-state index contributed by atoms with van der Waals surface area (Å²) in [6.07, 6.45) is 2.48. The fourth-order valence-electron chi connectivity index (χ4n) is 3.81. The molecule has 1 aliphatic heterocycles. The Hall–Kier alpha value is -2.07. The number of carbonyl (C=O) groups is 2. The number of thioether (sulfide) groups is 1. The number of hydrogen-bond donors (Lipinski definition) is 0. The first-order valence-corrected chi connectivity index (χ1v) is 11.5. The predicted octanol–water partition coefficient (Wildman–Crippen LogP) is 0.686. The zero-order valence-corrected chi connectivity index (χ0v) is 18.9. The molecular formula is C20H31N5O4S. The number of ether oxygens (including phenoxy) is 1. The Morgan fingerprint density at radius 2 is 1.83 bits per heavy atom. The summed E-state index contributed by atoms with van der Waals surface area (Å²) in [5, 5.41) is 0.701. The Kier molecular flexibility index (Phi) is 7.76. The molecule has 1 saturated heterocycles. The van der Waals surface area contributed by atoms with E-state index in [2.05, 4.69) is 9.88 Å².